The Bertz CT molecular complexity index is 537. The second-order valence-electron chi connectivity index (χ2n) is 3.70. The van der Waals surface area contributed by atoms with Crippen molar-refractivity contribution in [1.29, 1.82) is 0 Å². The van der Waals surface area contributed by atoms with Crippen LogP contribution in [0.1, 0.15) is 15.9 Å². The second kappa shape index (κ2) is 5.19. The zero-order chi connectivity index (χ0) is 12.3. The van der Waals surface area contributed by atoms with Crippen molar-refractivity contribution in [2.24, 2.45) is 0 Å². The summed E-state index contributed by atoms with van der Waals surface area (Å²) in [5.41, 5.74) is 3.60. The molecule has 0 fully saturated rings. The summed E-state index contributed by atoms with van der Waals surface area (Å²) in [5.74, 6) is 0.0763. The molecule has 0 saturated heterocycles. The standard InChI is InChI=1S/C13H11BrN2O/c1-9-6-7-15-16-13(9)11-4-2-10(3-5-11)12(17)8-14/h2-7H,8H2,1H3. The van der Waals surface area contributed by atoms with Gasteiger partial charge in [-0.3, -0.25) is 4.79 Å². The van der Waals surface area contributed by atoms with Crippen molar-refractivity contribution in [3.63, 3.8) is 0 Å². The number of benzene rings is 1. The number of Topliss-reactive ketones (excluding diaryl/α,β-unsaturated/α-hetero) is 1. The first-order valence-corrected chi connectivity index (χ1v) is 6.32. The molecular weight excluding hydrogens is 280 g/mol. The molecule has 0 atom stereocenters. The average Bonchev–Trinajstić information content (AvgIpc) is 2.39. The van der Waals surface area contributed by atoms with Crippen LogP contribution in [-0.4, -0.2) is 21.3 Å². The lowest BCUT2D eigenvalue weighted by Gasteiger charge is -2.04. The fraction of sp³-hybridized carbons (Fsp3) is 0.154. The second-order valence-corrected chi connectivity index (χ2v) is 4.26. The highest BCUT2D eigenvalue weighted by Gasteiger charge is 2.06. The van der Waals surface area contributed by atoms with Crippen molar-refractivity contribution in [2.75, 3.05) is 5.33 Å². The molecule has 86 valence electrons. The molecule has 3 nitrogen and oxygen atoms in total. The molecule has 0 bridgehead atoms. The quantitative estimate of drug-likeness (QED) is 0.645. The summed E-state index contributed by atoms with van der Waals surface area (Å²) in [6.07, 6.45) is 1.67. The molecule has 17 heavy (non-hydrogen) atoms. The van der Waals surface area contributed by atoms with E-state index >= 15 is 0 Å². The smallest absolute Gasteiger partial charge is 0.173 e. The van der Waals surface area contributed by atoms with Crippen LogP contribution in [0.15, 0.2) is 36.5 Å². The summed E-state index contributed by atoms with van der Waals surface area (Å²) in [4.78, 5) is 11.5. The minimum Gasteiger partial charge on any atom is -0.293 e. The van der Waals surface area contributed by atoms with Gasteiger partial charge in [0.2, 0.25) is 0 Å². The molecule has 0 aliphatic rings. The van der Waals surface area contributed by atoms with Crippen LogP contribution >= 0.6 is 15.9 Å². The first-order valence-electron chi connectivity index (χ1n) is 5.20. The van der Waals surface area contributed by atoms with Crippen LogP contribution < -0.4 is 0 Å². The highest BCUT2D eigenvalue weighted by Crippen LogP contribution is 2.20. The Morgan fingerprint density at radius 1 is 1.24 bits per heavy atom. The normalized spacial score (nSPS) is 10.2. The summed E-state index contributed by atoms with van der Waals surface area (Å²) in [6, 6.07) is 9.33. The minimum atomic E-state index is 0.0763. The van der Waals surface area contributed by atoms with Crippen LogP contribution in [0.3, 0.4) is 0 Å². The van der Waals surface area contributed by atoms with Crippen LogP contribution in [-0.2, 0) is 0 Å². The van der Waals surface area contributed by atoms with Gasteiger partial charge in [-0.05, 0) is 18.6 Å². The van der Waals surface area contributed by atoms with Gasteiger partial charge in [0.25, 0.3) is 0 Å². The highest BCUT2D eigenvalue weighted by atomic mass is 79.9. The maximum absolute atomic E-state index is 11.5. The Hall–Kier alpha value is -1.55. The molecule has 4 heteroatoms. The monoisotopic (exact) mass is 290 g/mol. The maximum Gasteiger partial charge on any atom is 0.173 e. The van der Waals surface area contributed by atoms with Gasteiger partial charge in [0.1, 0.15) is 0 Å². The van der Waals surface area contributed by atoms with Crippen LogP contribution in [0.5, 0.6) is 0 Å². The number of halogens is 1. The van der Waals surface area contributed by atoms with E-state index in [0.29, 0.717) is 10.9 Å². The van der Waals surface area contributed by atoms with E-state index < -0.39 is 0 Å². The lowest BCUT2D eigenvalue weighted by Crippen LogP contribution is -1.99. The number of hydrogen-bond acceptors (Lipinski definition) is 3. The molecule has 0 saturated carbocycles. The third-order valence-electron chi connectivity index (χ3n) is 2.52. The van der Waals surface area contributed by atoms with Crippen molar-refractivity contribution in [1.82, 2.24) is 10.2 Å². The number of carbonyl (C=O) groups is 1. The Kier molecular flexibility index (Phi) is 3.64. The van der Waals surface area contributed by atoms with E-state index in [4.69, 9.17) is 0 Å². The molecule has 0 radical (unpaired) electrons. The number of hydrogen-bond donors (Lipinski definition) is 0. The van der Waals surface area contributed by atoms with Crippen molar-refractivity contribution in [2.45, 2.75) is 6.92 Å². The molecule has 0 aliphatic carbocycles. The van der Waals surface area contributed by atoms with Gasteiger partial charge < -0.3 is 0 Å². The Morgan fingerprint density at radius 2 is 1.94 bits per heavy atom. The summed E-state index contributed by atoms with van der Waals surface area (Å²) >= 11 is 3.15. The zero-order valence-electron chi connectivity index (χ0n) is 9.35. The molecule has 1 aromatic heterocycles. The third-order valence-corrected chi connectivity index (χ3v) is 3.03. The Morgan fingerprint density at radius 3 is 2.53 bits per heavy atom. The maximum atomic E-state index is 11.5. The van der Waals surface area contributed by atoms with E-state index in [1.165, 1.54) is 0 Å². The van der Waals surface area contributed by atoms with E-state index in [1.54, 1.807) is 6.20 Å². The fourth-order valence-corrected chi connectivity index (χ4v) is 1.89. The van der Waals surface area contributed by atoms with Gasteiger partial charge in [-0.2, -0.15) is 10.2 Å². The highest BCUT2D eigenvalue weighted by molar-refractivity contribution is 9.09. The van der Waals surface area contributed by atoms with Crippen LogP contribution in [0.25, 0.3) is 11.3 Å². The lowest BCUT2D eigenvalue weighted by atomic mass is 10.0. The summed E-state index contributed by atoms with van der Waals surface area (Å²) < 4.78 is 0. The molecule has 0 aliphatic heterocycles. The predicted octanol–water partition coefficient (Wildman–Crippen LogP) is 3.03. The number of alkyl halides is 1. The minimum absolute atomic E-state index is 0.0763. The van der Waals surface area contributed by atoms with Gasteiger partial charge in [0.05, 0.1) is 11.0 Å². The molecule has 0 amide bonds. The van der Waals surface area contributed by atoms with E-state index in [1.807, 2.05) is 37.3 Å². The summed E-state index contributed by atoms with van der Waals surface area (Å²) in [6.45, 7) is 1.99. The van der Waals surface area contributed by atoms with Crippen molar-refractivity contribution >= 4 is 21.7 Å². The molecule has 0 unspecified atom stereocenters. The van der Waals surface area contributed by atoms with Gasteiger partial charge in [0.15, 0.2) is 5.78 Å². The largest absolute Gasteiger partial charge is 0.293 e. The third kappa shape index (κ3) is 2.58. The topological polar surface area (TPSA) is 42.9 Å². The first-order chi connectivity index (χ1) is 8.22. The lowest BCUT2D eigenvalue weighted by molar-refractivity contribution is 0.102. The Balaban J connectivity index is 2.36. The molecule has 2 rings (SSSR count). The molecule has 1 aromatic carbocycles. The van der Waals surface area contributed by atoms with Crippen molar-refractivity contribution in [3.05, 3.63) is 47.7 Å². The van der Waals surface area contributed by atoms with E-state index in [2.05, 4.69) is 26.1 Å². The van der Waals surface area contributed by atoms with Crippen LogP contribution in [0.4, 0.5) is 0 Å². The number of aromatic nitrogens is 2. The van der Waals surface area contributed by atoms with Crippen LogP contribution in [0.2, 0.25) is 0 Å². The van der Waals surface area contributed by atoms with E-state index in [9.17, 15) is 4.79 Å². The first kappa shape index (κ1) is 11.9. The number of carbonyl (C=O) groups excluding carboxylic acids is 1. The summed E-state index contributed by atoms with van der Waals surface area (Å²) in [5, 5.41) is 8.31. The van der Waals surface area contributed by atoms with Gasteiger partial charge in [0, 0.05) is 17.3 Å². The molecule has 1 heterocycles. The molecule has 0 spiro atoms. The fourth-order valence-electron chi connectivity index (χ4n) is 1.57. The van der Waals surface area contributed by atoms with Crippen LogP contribution in [0, 0.1) is 6.92 Å². The molecule has 0 N–H and O–H groups in total. The SMILES string of the molecule is Cc1ccnnc1-c1ccc(C(=O)CBr)cc1. The number of aryl methyl sites for hydroxylation is 1. The number of nitrogens with zero attached hydrogens (tertiary/aromatic N) is 2. The molecular formula is C13H11BrN2O. The van der Waals surface area contributed by atoms with Gasteiger partial charge >= 0.3 is 0 Å². The van der Waals surface area contributed by atoms with Crippen molar-refractivity contribution in [3.8, 4) is 11.3 Å². The summed E-state index contributed by atoms with van der Waals surface area (Å²) in [7, 11) is 0. The number of ketones is 1. The van der Waals surface area contributed by atoms with E-state index in [0.717, 1.165) is 16.8 Å². The average molecular weight is 291 g/mol. The Labute approximate surface area is 108 Å². The predicted molar refractivity (Wildman–Crippen MR) is 70.3 cm³/mol. The van der Waals surface area contributed by atoms with Gasteiger partial charge in [-0.15, -0.1) is 0 Å². The van der Waals surface area contributed by atoms with E-state index in [-0.39, 0.29) is 5.78 Å². The van der Waals surface area contributed by atoms with Gasteiger partial charge in [-0.25, -0.2) is 0 Å². The zero-order valence-corrected chi connectivity index (χ0v) is 10.9. The van der Waals surface area contributed by atoms with Gasteiger partial charge in [-0.1, -0.05) is 40.2 Å². The number of rotatable bonds is 3. The molecule has 2 aromatic rings. The van der Waals surface area contributed by atoms with Crippen molar-refractivity contribution < 1.29 is 4.79 Å².